The number of esters is 1. The fraction of sp³-hybridized carbons (Fsp3) is 0.429. The number of carbonyl (C=O) groups excluding carboxylic acids is 2. The molecule has 1 rings (SSSR count). The minimum absolute atomic E-state index is 0.251. The molecule has 0 saturated heterocycles. The van der Waals surface area contributed by atoms with Gasteiger partial charge >= 0.3 is 5.97 Å². The van der Waals surface area contributed by atoms with Gasteiger partial charge in [-0.15, -0.1) is 0 Å². The third-order valence-electron chi connectivity index (χ3n) is 2.49. The molecule has 1 aromatic carbocycles. The normalized spacial score (nSPS) is 13.2. The summed E-state index contributed by atoms with van der Waals surface area (Å²) in [5, 5.41) is 2.48. The Balaban J connectivity index is 2.50. The summed E-state index contributed by atoms with van der Waals surface area (Å²) in [5.74, 6) is -0.965. The minimum atomic E-state index is -0.808. The molecule has 110 valence electrons. The van der Waals surface area contributed by atoms with E-state index >= 15 is 0 Å². The molecule has 1 aromatic rings. The van der Waals surface area contributed by atoms with Crippen LogP contribution in [0.3, 0.4) is 0 Å². The molecule has 0 aliphatic carbocycles. The molecule has 6 heteroatoms. The first-order valence-corrected chi connectivity index (χ1v) is 6.33. The third kappa shape index (κ3) is 4.87. The van der Waals surface area contributed by atoms with Gasteiger partial charge in [0.15, 0.2) is 6.10 Å². The lowest BCUT2D eigenvalue weighted by atomic mass is 10.3. The number of hydrogen-bond donors (Lipinski definition) is 1. The van der Waals surface area contributed by atoms with E-state index in [1.54, 1.807) is 6.92 Å². The summed E-state index contributed by atoms with van der Waals surface area (Å²) in [7, 11) is 0. The standard InChI is InChI=1S/C14H18FNO4/c1-4-19-14(18)9(2)16-13(17)10(3)20-12-7-5-11(15)6-8-12/h5-10H,4H2,1-3H3,(H,16,17). The van der Waals surface area contributed by atoms with Gasteiger partial charge in [0, 0.05) is 0 Å². The molecule has 1 N–H and O–H groups in total. The number of amides is 1. The van der Waals surface area contributed by atoms with Gasteiger partial charge in [0.05, 0.1) is 6.61 Å². The maximum Gasteiger partial charge on any atom is 0.328 e. The van der Waals surface area contributed by atoms with Crippen LogP contribution >= 0.6 is 0 Å². The van der Waals surface area contributed by atoms with E-state index < -0.39 is 24.0 Å². The second-order valence-corrected chi connectivity index (χ2v) is 4.20. The van der Waals surface area contributed by atoms with Crippen molar-refractivity contribution in [2.75, 3.05) is 6.61 Å². The lowest BCUT2D eigenvalue weighted by Crippen LogP contribution is -2.45. The predicted molar refractivity (Wildman–Crippen MR) is 70.7 cm³/mol. The highest BCUT2D eigenvalue weighted by Crippen LogP contribution is 2.13. The average Bonchev–Trinajstić information content (AvgIpc) is 2.41. The number of nitrogens with one attached hydrogen (secondary N) is 1. The maximum atomic E-state index is 12.7. The lowest BCUT2D eigenvalue weighted by molar-refractivity contribution is -0.147. The van der Waals surface area contributed by atoms with Gasteiger partial charge in [-0.2, -0.15) is 0 Å². The monoisotopic (exact) mass is 283 g/mol. The molecule has 20 heavy (non-hydrogen) atoms. The van der Waals surface area contributed by atoms with Crippen LogP contribution in [0.25, 0.3) is 0 Å². The topological polar surface area (TPSA) is 64.6 Å². The van der Waals surface area contributed by atoms with E-state index in [2.05, 4.69) is 5.32 Å². The zero-order valence-electron chi connectivity index (χ0n) is 11.7. The van der Waals surface area contributed by atoms with Gasteiger partial charge in [-0.25, -0.2) is 9.18 Å². The molecule has 0 aliphatic heterocycles. The molecule has 0 aromatic heterocycles. The number of ether oxygens (including phenoxy) is 2. The van der Waals surface area contributed by atoms with Gasteiger partial charge in [-0.1, -0.05) is 0 Å². The molecule has 0 heterocycles. The van der Waals surface area contributed by atoms with Crippen LogP contribution < -0.4 is 10.1 Å². The number of carbonyl (C=O) groups is 2. The lowest BCUT2D eigenvalue weighted by Gasteiger charge is -2.17. The fourth-order valence-corrected chi connectivity index (χ4v) is 1.43. The zero-order valence-corrected chi connectivity index (χ0v) is 11.7. The van der Waals surface area contributed by atoms with Crippen LogP contribution in [0.1, 0.15) is 20.8 Å². The first-order valence-electron chi connectivity index (χ1n) is 6.33. The predicted octanol–water partition coefficient (Wildman–Crippen LogP) is 1.66. The number of rotatable bonds is 6. The van der Waals surface area contributed by atoms with Gasteiger partial charge in [0.25, 0.3) is 5.91 Å². The second kappa shape index (κ2) is 7.47. The van der Waals surface area contributed by atoms with E-state index in [0.717, 1.165) is 0 Å². The Labute approximate surface area is 117 Å². The van der Waals surface area contributed by atoms with E-state index in [1.165, 1.54) is 38.1 Å². The van der Waals surface area contributed by atoms with Crippen LogP contribution in [0.2, 0.25) is 0 Å². The molecule has 0 spiro atoms. The van der Waals surface area contributed by atoms with Crippen LogP contribution in [0.15, 0.2) is 24.3 Å². The summed E-state index contributed by atoms with van der Waals surface area (Å²) in [4.78, 5) is 23.2. The Bertz CT molecular complexity index is 461. The molecule has 0 aliphatic rings. The van der Waals surface area contributed by atoms with E-state index in [9.17, 15) is 14.0 Å². The van der Waals surface area contributed by atoms with E-state index in [-0.39, 0.29) is 12.4 Å². The molecule has 1 amide bonds. The highest BCUT2D eigenvalue weighted by Gasteiger charge is 2.21. The Morgan fingerprint density at radius 3 is 2.40 bits per heavy atom. The summed E-state index contributed by atoms with van der Waals surface area (Å²) in [6, 6.07) is 4.58. The molecule has 0 bridgehead atoms. The van der Waals surface area contributed by atoms with Gasteiger partial charge in [-0.05, 0) is 45.0 Å². The number of halogens is 1. The molecule has 5 nitrogen and oxygen atoms in total. The molecule has 0 saturated carbocycles. The van der Waals surface area contributed by atoms with Crippen molar-refractivity contribution in [3.63, 3.8) is 0 Å². The summed E-state index contributed by atoms with van der Waals surface area (Å²) >= 11 is 0. The second-order valence-electron chi connectivity index (χ2n) is 4.20. The van der Waals surface area contributed by atoms with Crippen molar-refractivity contribution in [2.24, 2.45) is 0 Å². The molecule has 0 radical (unpaired) electrons. The van der Waals surface area contributed by atoms with Gasteiger partial charge < -0.3 is 14.8 Å². The number of benzene rings is 1. The van der Waals surface area contributed by atoms with Crippen molar-refractivity contribution in [1.29, 1.82) is 0 Å². The van der Waals surface area contributed by atoms with Crippen molar-refractivity contribution in [3.8, 4) is 5.75 Å². The Morgan fingerprint density at radius 1 is 1.25 bits per heavy atom. The first-order chi connectivity index (χ1) is 9.43. The van der Waals surface area contributed by atoms with Crippen molar-refractivity contribution < 1.29 is 23.5 Å². The quantitative estimate of drug-likeness (QED) is 0.806. The smallest absolute Gasteiger partial charge is 0.328 e. The van der Waals surface area contributed by atoms with Crippen molar-refractivity contribution >= 4 is 11.9 Å². The van der Waals surface area contributed by atoms with Gasteiger partial charge in [0.2, 0.25) is 0 Å². The van der Waals surface area contributed by atoms with Crippen LogP contribution in [-0.4, -0.2) is 30.6 Å². The summed E-state index contributed by atoms with van der Waals surface area (Å²) < 4.78 is 22.9. The molecule has 0 fully saturated rings. The van der Waals surface area contributed by atoms with E-state index in [1.807, 2.05) is 0 Å². The molecular formula is C14H18FNO4. The first kappa shape index (κ1) is 15.9. The highest BCUT2D eigenvalue weighted by atomic mass is 19.1. The SMILES string of the molecule is CCOC(=O)C(C)NC(=O)C(C)Oc1ccc(F)cc1. The van der Waals surface area contributed by atoms with E-state index in [4.69, 9.17) is 9.47 Å². The van der Waals surface area contributed by atoms with Gasteiger partial charge in [0.1, 0.15) is 17.6 Å². The van der Waals surface area contributed by atoms with Crippen LogP contribution in [0.5, 0.6) is 5.75 Å². The van der Waals surface area contributed by atoms with Crippen LogP contribution in [0.4, 0.5) is 4.39 Å². The zero-order chi connectivity index (χ0) is 15.1. The fourth-order valence-electron chi connectivity index (χ4n) is 1.43. The summed E-state index contributed by atoms with van der Waals surface area (Å²) in [5.41, 5.74) is 0. The van der Waals surface area contributed by atoms with E-state index in [0.29, 0.717) is 5.75 Å². The largest absolute Gasteiger partial charge is 0.481 e. The van der Waals surface area contributed by atoms with Crippen molar-refractivity contribution in [2.45, 2.75) is 32.9 Å². The Kier molecular flexibility index (Phi) is 5.96. The summed E-state index contributed by atoms with van der Waals surface area (Å²) in [6.07, 6.45) is -0.808. The maximum absolute atomic E-state index is 12.7. The Morgan fingerprint density at radius 2 is 1.85 bits per heavy atom. The Hall–Kier alpha value is -2.11. The van der Waals surface area contributed by atoms with Gasteiger partial charge in [-0.3, -0.25) is 4.79 Å². The third-order valence-corrected chi connectivity index (χ3v) is 2.49. The van der Waals surface area contributed by atoms with Crippen molar-refractivity contribution in [3.05, 3.63) is 30.1 Å². The number of hydrogen-bond acceptors (Lipinski definition) is 4. The van der Waals surface area contributed by atoms with Crippen LogP contribution in [0, 0.1) is 5.82 Å². The molecular weight excluding hydrogens is 265 g/mol. The molecule has 2 unspecified atom stereocenters. The highest BCUT2D eigenvalue weighted by molar-refractivity contribution is 5.86. The van der Waals surface area contributed by atoms with Crippen molar-refractivity contribution in [1.82, 2.24) is 5.32 Å². The molecule has 2 atom stereocenters. The summed E-state index contributed by atoms with van der Waals surface area (Å²) in [6.45, 7) is 5.00. The minimum Gasteiger partial charge on any atom is -0.481 e. The average molecular weight is 283 g/mol. The van der Waals surface area contributed by atoms with Crippen LogP contribution in [-0.2, 0) is 14.3 Å².